The third kappa shape index (κ3) is 4.38. The first kappa shape index (κ1) is 17.4. The van der Waals surface area contributed by atoms with Crippen molar-refractivity contribution in [3.8, 4) is 0 Å². The summed E-state index contributed by atoms with van der Waals surface area (Å²) in [6, 6.07) is 8.45. The molecule has 0 saturated heterocycles. The molecule has 1 unspecified atom stereocenters. The molecule has 0 N–H and O–H groups in total. The van der Waals surface area contributed by atoms with Gasteiger partial charge in [0.25, 0.3) is 0 Å². The number of fused-ring (bicyclic) bond motifs is 1. The Hall–Kier alpha value is -2.02. The van der Waals surface area contributed by atoms with Crippen molar-refractivity contribution in [2.24, 2.45) is 5.92 Å². The van der Waals surface area contributed by atoms with Gasteiger partial charge in [-0.15, -0.1) is 11.3 Å². The molecule has 0 aliphatic carbocycles. The first-order valence-corrected chi connectivity index (χ1v) is 9.82. The van der Waals surface area contributed by atoms with Gasteiger partial charge in [0.2, 0.25) is 0 Å². The number of thiophene rings is 1. The molecule has 0 radical (unpaired) electrons. The van der Waals surface area contributed by atoms with Crippen LogP contribution in [0.3, 0.4) is 0 Å². The Morgan fingerprint density at radius 1 is 1.23 bits per heavy atom. The molecule has 0 fully saturated rings. The summed E-state index contributed by atoms with van der Waals surface area (Å²) in [6.07, 6.45) is 7.65. The fraction of sp³-hybridized carbons (Fsp3) is 0.400. The topological polar surface area (TPSA) is 43.2 Å². The summed E-state index contributed by atoms with van der Waals surface area (Å²) in [5, 5.41) is 0. The van der Waals surface area contributed by atoms with Crippen LogP contribution in [0, 0.1) is 12.8 Å². The van der Waals surface area contributed by atoms with Crippen molar-refractivity contribution >= 4 is 11.3 Å². The summed E-state index contributed by atoms with van der Waals surface area (Å²) in [4.78, 5) is 14.0. The number of imidazole rings is 1. The predicted octanol–water partition coefficient (Wildman–Crippen LogP) is 3.50. The molecule has 1 aliphatic heterocycles. The first-order valence-electron chi connectivity index (χ1n) is 9.00. The second kappa shape index (κ2) is 8.12. The number of aryl methyl sites for hydroxylation is 1. The highest BCUT2D eigenvalue weighted by Crippen LogP contribution is 2.22. The molecule has 0 saturated carbocycles. The highest BCUT2D eigenvalue weighted by Gasteiger charge is 2.23. The lowest BCUT2D eigenvalue weighted by molar-refractivity contribution is 0.0666. The van der Waals surface area contributed by atoms with Crippen LogP contribution < -0.4 is 0 Å². The van der Waals surface area contributed by atoms with Gasteiger partial charge in [0.05, 0.1) is 19.8 Å². The Labute approximate surface area is 158 Å². The number of hydrogen-bond donors (Lipinski definition) is 0. The van der Waals surface area contributed by atoms with E-state index in [1.54, 1.807) is 6.20 Å². The number of aromatic nitrogens is 3. The van der Waals surface area contributed by atoms with Gasteiger partial charge in [-0.3, -0.25) is 9.88 Å². The van der Waals surface area contributed by atoms with Gasteiger partial charge < -0.3 is 9.30 Å². The predicted molar refractivity (Wildman–Crippen MR) is 103 cm³/mol. The molecule has 3 aromatic heterocycles. The van der Waals surface area contributed by atoms with E-state index in [1.807, 2.05) is 29.8 Å². The van der Waals surface area contributed by atoms with E-state index < -0.39 is 0 Å². The molecule has 1 atom stereocenters. The highest BCUT2D eigenvalue weighted by molar-refractivity contribution is 7.11. The van der Waals surface area contributed by atoms with Crippen LogP contribution in [0.4, 0.5) is 0 Å². The van der Waals surface area contributed by atoms with Gasteiger partial charge in [-0.2, -0.15) is 0 Å². The minimum absolute atomic E-state index is 0.447. The summed E-state index contributed by atoms with van der Waals surface area (Å²) in [5.74, 6) is 1.59. The minimum atomic E-state index is 0.447. The normalized spacial score (nSPS) is 17.8. The number of rotatable bonds is 6. The zero-order chi connectivity index (χ0) is 17.8. The fourth-order valence-electron chi connectivity index (χ4n) is 3.47. The van der Waals surface area contributed by atoms with Crippen LogP contribution >= 0.6 is 11.3 Å². The van der Waals surface area contributed by atoms with Crippen LogP contribution in [-0.4, -0.2) is 32.6 Å². The molecule has 26 heavy (non-hydrogen) atoms. The molecule has 0 bridgehead atoms. The number of ether oxygens (including phenoxy) is 1. The summed E-state index contributed by atoms with van der Waals surface area (Å²) in [6.45, 7) is 7.37. The van der Waals surface area contributed by atoms with Gasteiger partial charge in [0, 0.05) is 60.1 Å². The van der Waals surface area contributed by atoms with E-state index >= 15 is 0 Å². The monoisotopic (exact) mass is 368 g/mol. The average molecular weight is 369 g/mol. The van der Waals surface area contributed by atoms with Crippen LogP contribution in [0.5, 0.6) is 0 Å². The van der Waals surface area contributed by atoms with Crippen molar-refractivity contribution in [2.75, 3.05) is 13.2 Å². The quantitative estimate of drug-likeness (QED) is 0.668. The fourth-order valence-corrected chi connectivity index (χ4v) is 4.40. The molecule has 0 amide bonds. The van der Waals surface area contributed by atoms with E-state index in [0.717, 1.165) is 44.2 Å². The van der Waals surface area contributed by atoms with Gasteiger partial charge in [0.15, 0.2) is 0 Å². The molecule has 5 nitrogen and oxygen atoms in total. The van der Waals surface area contributed by atoms with Crippen molar-refractivity contribution < 1.29 is 4.74 Å². The third-order valence-corrected chi connectivity index (χ3v) is 5.64. The SMILES string of the molecule is Cc1ccc(CN2Cc3nccn3CC(COCc3cccnc3)C2)s1. The van der Waals surface area contributed by atoms with Crippen LogP contribution in [-0.2, 0) is 31.0 Å². The Bertz CT molecular complexity index is 829. The Kier molecular flexibility index (Phi) is 5.43. The van der Waals surface area contributed by atoms with Gasteiger partial charge in [-0.1, -0.05) is 6.07 Å². The Morgan fingerprint density at radius 2 is 2.19 bits per heavy atom. The Morgan fingerprint density at radius 3 is 3.00 bits per heavy atom. The maximum atomic E-state index is 6.01. The lowest BCUT2D eigenvalue weighted by Gasteiger charge is -2.23. The second-order valence-electron chi connectivity index (χ2n) is 6.92. The van der Waals surface area contributed by atoms with E-state index in [-0.39, 0.29) is 0 Å². The van der Waals surface area contributed by atoms with E-state index in [4.69, 9.17) is 4.74 Å². The van der Waals surface area contributed by atoms with Gasteiger partial charge in [0.1, 0.15) is 5.82 Å². The zero-order valence-corrected chi connectivity index (χ0v) is 15.9. The zero-order valence-electron chi connectivity index (χ0n) is 15.0. The molecule has 6 heteroatoms. The van der Waals surface area contributed by atoms with Crippen molar-refractivity contribution in [3.05, 3.63) is 70.2 Å². The first-order chi connectivity index (χ1) is 12.8. The summed E-state index contributed by atoms with van der Waals surface area (Å²) >= 11 is 1.88. The van der Waals surface area contributed by atoms with Crippen molar-refractivity contribution in [2.45, 2.75) is 33.2 Å². The van der Waals surface area contributed by atoms with Gasteiger partial charge in [-0.05, 0) is 30.7 Å². The van der Waals surface area contributed by atoms with E-state index in [9.17, 15) is 0 Å². The Balaban J connectivity index is 1.40. The number of hydrogen-bond acceptors (Lipinski definition) is 5. The number of pyridine rings is 1. The number of nitrogens with zero attached hydrogens (tertiary/aromatic N) is 4. The maximum absolute atomic E-state index is 6.01. The molecule has 0 spiro atoms. The average Bonchev–Trinajstić information content (AvgIpc) is 3.21. The second-order valence-corrected chi connectivity index (χ2v) is 8.29. The van der Waals surface area contributed by atoms with E-state index in [0.29, 0.717) is 12.5 Å². The minimum Gasteiger partial charge on any atom is -0.376 e. The molecular weight excluding hydrogens is 344 g/mol. The van der Waals surface area contributed by atoms with Gasteiger partial charge >= 0.3 is 0 Å². The molecular formula is C20H24N4OS. The summed E-state index contributed by atoms with van der Waals surface area (Å²) < 4.78 is 8.29. The summed E-state index contributed by atoms with van der Waals surface area (Å²) in [5.41, 5.74) is 1.12. The lowest BCUT2D eigenvalue weighted by Crippen LogP contribution is -2.29. The maximum Gasteiger partial charge on any atom is 0.122 e. The molecule has 3 aromatic rings. The third-order valence-electron chi connectivity index (χ3n) is 4.66. The van der Waals surface area contributed by atoms with Crippen molar-refractivity contribution in [1.29, 1.82) is 0 Å². The largest absolute Gasteiger partial charge is 0.376 e. The van der Waals surface area contributed by atoms with Crippen LogP contribution in [0.2, 0.25) is 0 Å². The van der Waals surface area contributed by atoms with Crippen molar-refractivity contribution in [1.82, 2.24) is 19.4 Å². The standard InChI is InChI=1S/C20H24N4OS/c1-16-4-5-19(26-16)12-23-10-18(11-24-8-7-22-20(24)13-23)15-25-14-17-3-2-6-21-9-17/h2-9,18H,10-15H2,1H3. The highest BCUT2D eigenvalue weighted by atomic mass is 32.1. The van der Waals surface area contributed by atoms with Crippen molar-refractivity contribution in [3.63, 3.8) is 0 Å². The molecule has 0 aromatic carbocycles. The molecule has 1 aliphatic rings. The summed E-state index contributed by atoms with van der Waals surface area (Å²) in [7, 11) is 0. The van der Waals surface area contributed by atoms with E-state index in [1.165, 1.54) is 9.75 Å². The van der Waals surface area contributed by atoms with Crippen LogP contribution in [0.1, 0.15) is 21.1 Å². The van der Waals surface area contributed by atoms with Crippen LogP contribution in [0.15, 0.2) is 49.1 Å². The van der Waals surface area contributed by atoms with Gasteiger partial charge in [-0.25, -0.2) is 4.98 Å². The lowest BCUT2D eigenvalue weighted by atomic mass is 10.1. The smallest absolute Gasteiger partial charge is 0.122 e. The molecule has 4 rings (SSSR count). The molecule has 136 valence electrons. The van der Waals surface area contributed by atoms with E-state index in [2.05, 4.69) is 50.8 Å². The van der Waals surface area contributed by atoms with Crippen LogP contribution in [0.25, 0.3) is 0 Å². The molecule has 4 heterocycles.